The van der Waals surface area contributed by atoms with Crippen molar-refractivity contribution in [2.45, 2.75) is 6.42 Å². The Labute approximate surface area is 147 Å². The molecule has 1 aliphatic rings. The molecule has 5 heteroatoms. The summed E-state index contributed by atoms with van der Waals surface area (Å²) >= 11 is 0. The molecule has 0 aromatic heterocycles. The van der Waals surface area contributed by atoms with Crippen molar-refractivity contribution in [3.8, 4) is 0 Å². The monoisotopic (exact) mass is 338 g/mol. The third-order valence-electron chi connectivity index (χ3n) is 4.46. The maximum Gasteiger partial charge on any atom is 0.337 e. The predicted molar refractivity (Wildman–Crippen MR) is 96.7 cm³/mol. The summed E-state index contributed by atoms with van der Waals surface area (Å²) in [6.45, 7) is 2.89. The lowest BCUT2D eigenvalue weighted by atomic mass is 10.1. The molecule has 0 radical (unpaired) electrons. The molecule has 1 amide bonds. The molecule has 1 fully saturated rings. The third-order valence-corrected chi connectivity index (χ3v) is 4.46. The Balaban J connectivity index is 1.58. The maximum atomic E-state index is 12.4. The number of amides is 1. The number of carbonyl (C=O) groups is 2. The quantitative estimate of drug-likeness (QED) is 0.803. The fourth-order valence-electron chi connectivity index (χ4n) is 3.04. The van der Waals surface area contributed by atoms with E-state index in [9.17, 15) is 9.59 Å². The van der Waals surface area contributed by atoms with E-state index in [4.69, 9.17) is 4.74 Å². The maximum absolute atomic E-state index is 12.4. The molecule has 25 heavy (non-hydrogen) atoms. The van der Waals surface area contributed by atoms with E-state index in [1.54, 1.807) is 6.07 Å². The Morgan fingerprint density at radius 2 is 1.68 bits per heavy atom. The van der Waals surface area contributed by atoms with E-state index in [1.165, 1.54) is 7.11 Å². The number of hydrogen-bond acceptors (Lipinski definition) is 4. The van der Waals surface area contributed by atoms with Crippen molar-refractivity contribution in [2.24, 2.45) is 0 Å². The largest absolute Gasteiger partial charge is 0.465 e. The van der Waals surface area contributed by atoms with E-state index in [-0.39, 0.29) is 11.9 Å². The van der Waals surface area contributed by atoms with E-state index in [0.717, 1.165) is 24.3 Å². The summed E-state index contributed by atoms with van der Waals surface area (Å²) in [5, 5.41) is 0. The zero-order chi connectivity index (χ0) is 17.6. The van der Waals surface area contributed by atoms with Gasteiger partial charge in [0.1, 0.15) is 0 Å². The molecule has 5 nitrogen and oxygen atoms in total. The molecule has 1 heterocycles. The molecule has 1 aliphatic heterocycles. The van der Waals surface area contributed by atoms with Crippen LogP contribution in [0.3, 0.4) is 0 Å². The van der Waals surface area contributed by atoms with Crippen molar-refractivity contribution in [3.05, 3.63) is 65.7 Å². The Morgan fingerprint density at radius 1 is 0.960 bits per heavy atom. The van der Waals surface area contributed by atoms with Crippen molar-refractivity contribution in [1.29, 1.82) is 0 Å². The van der Waals surface area contributed by atoms with Gasteiger partial charge in [0.05, 0.1) is 19.1 Å². The Bertz CT molecular complexity index is 738. The number of benzene rings is 2. The third kappa shape index (κ3) is 4.18. The van der Waals surface area contributed by atoms with Crippen molar-refractivity contribution < 1.29 is 14.3 Å². The van der Waals surface area contributed by atoms with E-state index in [1.807, 2.05) is 53.4 Å². The molecule has 0 spiro atoms. The minimum atomic E-state index is -0.335. The summed E-state index contributed by atoms with van der Waals surface area (Å²) in [5.41, 5.74) is 2.57. The number of anilines is 1. The van der Waals surface area contributed by atoms with Crippen LogP contribution in [0.15, 0.2) is 54.6 Å². The average Bonchev–Trinajstić information content (AvgIpc) is 2.68. The second-order valence-corrected chi connectivity index (χ2v) is 6.07. The summed E-state index contributed by atoms with van der Waals surface area (Å²) < 4.78 is 4.77. The standard InChI is InChI=1S/C20H22N2O3/c1-25-20(24)17-8-5-9-18(15-17)21-10-12-22(13-11-21)19(23)14-16-6-3-2-4-7-16/h2-9,15H,10-14H2,1H3. The summed E-state index contributed by atoms with van der Waals surface area (Å²) in [6, 6.07) is 17.2. The molecule has 130 valence electrons. The van der Waals surface area contributed by atoms with Gasteiger partial charge < -0.3 is 14.5 Å². The number of ether oxygens (including phenoxy) is 1. The highest BCUT2D eigenvalue weighted by Gasteiger charge is 2.21. The second kappa shape index (κ2) is 7.83. The molecule has 3 rings (SSSR count). The van der Waals surface area contributed by atoms with Gasteiger partial charge >= 0.3 is 5.97 Å². The minimum absolute atomic E-state index is 0.161. The van der Waals surface area contributed by atoms with Gasteiger partial charge in [-0.3, -0.25) is 4.79 Å². The summed E-state index contributed by atoms with van der Waals surface area (Å²) in [6.07, 6.45) is 0.443. The zero-order valence-electron chi connectivity index (χ0n) is 14.4. The number of carbonyl (C=O) groups excluding carboxylic acids is 2. The number of esters is 1. The van der Waals surface area contributed by atoms with Gasteiger partial charge in [-0.2, -0.15) is 0 Å². The van der Waals surface area contributed by atoms with Crippen LogP contribution in [0.5, 0.6) is 0 Å². The van der Waals surface area contributed by atoms with Crippen molar-refractivity contribution >= 4 is 17.6 Å². The highest BCUT2D eigenvalue weighted by Crippen LogP contribution is 2.19. The van der Waals surface area contributed by atoms with Gasteiger partial charge in [-0.25, -0.2) is 4.79 Å². The molecule has 2 aromatic rings. The highest BCUT2D eigenvalue weighted by molar-refractivity contribution is 5.90. The molecular weight excluding hydrogens is 316 g/mol. The van der Waals surface area contributed by atoms with Gasteiger partial charge in [0, 0.05) is 31.9 Å². The molecule has 0 atom stereocenters. The normalized spacial score (nSPS) is 14.3. The van der Waals surface area contributed by atoms with Crippen LogP contribution in [0, 0.1) is 0 Å². The molecular formula is C20H22N2O3. The molecule has 0 unspecified atom stereocenters. The zero-order valence-corrected chi connectivity index (χ0v) is 14.4. The van der Waals surface area contributed by atoms with Gasteiger partial charge in [0.2, 0.25) is 5.91 Å². The van der Waals surface area contributed by atoms with Gasteiger partial charge in [-0.05, 0) is 23.8 Å². The van der Waals surface area contributed by atoms with Gasteiger partial charge in [-0.15, -0.1) is 0 Å². The number of piperazine rings is 1. The van der Waals surface area contributed by atoms with Crippen LogP contribution in [0.1, 0.15) is 15.9 Å². The first-order valence-corrected chi connectivity index (χ1v) is 8.42. The van der Waals surface area contributed by atoms with Crippen LogP contribution in [0.4, 0.5) is 5.69 Å². The lowest BCUT2D eigenvalue weighted by Crippen LogP contribution is -2.49. The Morgan fingerprint density at radius 3 is 2.36 bits per heavy atom. The number of rotatable bonds is 4. The van der Waals surface area contributed by atoms with Crippen molar-refractivity contribution in [1.82, 2.24) is 4.90 Å². The van der Waals surface area contributed by atoms with E-state index < -0.39 is 0 Å². The van der Waals surface area contributed by atoms with Crippen LogP contribution in [0.2, 0.25) is 0 Å². The average molecular weight is 338 g/mol. The molecule has 0 bridgehead atoms. The van der Waals surface area contributed by atoms with Gasteiger partial charge in [0.25, 0.3) is 0 Å². The lowest BCUT2D eigenvalue weighted by Gasteiger charge is -2.36. The number of nitrogens with zero attached hydrogens (tertiary/aromatic N) is 2. The van der Waals surface area contributed by atoms with Gasteiger partial charge in [0.15, 0.2) is 0 Å². The topological polar surface area (TPSA) is 49.9 Å². The van der Waals surface area contributed by atoms with Crippen LogP contribution in [0.25, 0.3) is 0 Å². The van der Waals surface area contributed by atoms with Crippen LogP contribution in [-0.4, -0.2) is 50.1 Å². The lowest BCUT2D eigenvalue weighted by molar-refractivity contribution is -0.130. The Kier molecular flexibility index (Phi) is 5.33. The number of hydrogen-bond donors (Lipinski definition) is 0. The van der Waals surface area contributed by atoms with Gasteiger partial charge in [-0.1, -0.05) is 36.4 Å². The molecule has 0 aliphatic carbocycles. The summed E-state index contributed by atoms with van der Waals surface area (Å²) in [7, 11) is 1.38. The smallest absolute Gasteiger partial charge is 0.337 e. The van der Waals surface area contributed by atoms with Crippen molar-refractivity contribution in [2.75, 3.05) is 38.2 Å². The van der Waals surface area contributed by atoms with E-state index >= 15 is 0 Å². The predicted octanol–water partition coefficient (Wildman–Crippen LogP) is 2.36. The van der Waals surface area contributed by atoms with Crippen LogP contribution < -0.4 is 4.90 Å². The summed E-state index contributed by atoms with van der Waals surface area (Å²) in [5.74, 6) is -0.173. The summed E-state index contributed by atoms with van der Waals surface area (Å²) in [4.78, 5) is 28.2. The fraction of sp³-hybridized carbons (Fsp3) is 0.300. The fourth-order valence-corrected chi connectivity index (χ4v) is 3.04. The molecule has 0 N–H and O–H groups in total. The molecule has 0 saturated carbocycles. The van der Waals surface area contributed by atoms with Crippen LogP contribution in [-0.2, 0) is 16.0 Å². The number of methoxy groups -OCH3 is 1. The van der Waals surface area contributed by atoms with E-state index in [0.29, 0.717) is 25.1 Å². The molecule has 1 saturated heterocycles. The first kappa shape index (κ1) is 17.0. The minimum Gasteiger partial charge on any atom is -0.465 e. The van der Waals surface area contributed by atoms with E-state index in [2.05, 4.69) is 4.90 Å². The first-order chi connectivity index (χ1) is 12.2. The SMILES string of the molecule is COC(=O)c1cccc(N2CCN(C(=O)Cc3ccccc3)CC2)c1. The first-order valence-electron chi connectivity index (χ1n) is 8.42. The van der Waals surface area contributed by atoms with Crippen molar-refractivity contribution in [3.63, 3.8) is 0 Å². The van der Waals surface area contributed by atoms with Crippen LogP contribution >= 0.6 is 0 Å². The second-order valence-electron chi connectivity index (χ2n) is 6.07. The molecule has 2 aromatic carbocycles. The Hall–Kier alpha value is -2.82. The highest BCUT2D eigenvalue weighted by atomic mass is 16.5.